The second-order valence-corrected chi connectivity index (χ2v) is 5.24. The number of Topliss-reactive ketones (excluding diaryl/α,β-unsaturated/α-hetero) is 1. The van der Waals surface area contributed by atoms with Gasteiger partial charge in [0.05, 0.1) is 0 Å². The van der Waals surface area contributed by atoms with Crippen LogP contribution in [0.2, 0.25) is 0 Å². The number of imidazole rings is 1. The Kier molecular flexibility index (Phi) is 8.19. The smallest absolute Gasteiger partial charge is 0.198 e. The molecule has 1 rings (SSSR count). The van der Waals surface area contributed by atoms with Crippen molar-refractivity contribution in [1.82, 2.24) is 9.55 Å². The molecular weight excluding hydrogens is 236 g/mol. The third-order valence-electron chi connectivity index (χ3n) is 3.44. The Hall–Kier alpha value is -1.12. The first kappa shape index (κ1) is 15.9. The van der Waals surface area contributed by atoms with Gasteiger partial charge in [0.1, 0.15) is 0 Å². The lowest BCUT2D eigenvalue weighted by molar-refractivity contribution is 0.0964. The van der Waals surface area contributed by atoms with Crippen LogP contribution in [0.25, 0.3) is 0 Å². The first-order valence-electron chi connectivity index (χ1n) is 7.84. The van der Waals surface area contributed by atoms with Crippen LogP contribution in [0.15, 0.2) is 12.4 Å². The second kappa shape index (κ2) is 9.76. The minimum absolute atomic E-state index is 0.201. The predicted octanol–water partition coefficient (Wildman–Crippen LogP) is 4.62. The fourth-order valence-electron chi connectivity index (χ4n) is 2.34. The molecule has 0 saturated carbocycles. The summed E-state index contributed by atoms with van der Waals surface area (Å²) < 4.78 is 1.98. The zero-order valence-electron chi connectivity index (χ0n) is 12.5. The highest BCUT2D eigenvalue weighted by atomic mass is 16.1. The Morgan fingerprint density at radius 3 is 2.42 bits per heavy atom. The van der Waals surface area contributed by atoms with E-state index in [9.17, 15) is 4.79 Å². The Balaban J connectivity index is 2.18. The van der Waals surface area contributed by atoms with E-state index in [-0.39, 0.29) is 5.78 Å². The summed E-state index contributed by atoms with van der Waals surface area (Å²) in [4.78, 5) is 16.2. The van der Waals surface area contributed by atoms with Crippen molar-refractivity contribution in [2.75, 3.05) is 0 Å². The molecule has 0 aromatic carbocycles. The lowest BCUT2D eigenvalue weighted by Crippen LogP contribution is -2.10. The monoisotopic (exact) mass is 264 g/mol. The minimum atomic E-state index is 0.201. The molecular formula is C16H28N2O. The van der Waals surface area contributed by atoms with Crippen molar-refractivity contribution in [2.24, 2.45) is 0 Å². The molecule has 0 unspecified atom stereocenters. The van der Waals surface area contributed by atoms with Gasteiger partial charge >= 0.3 is 0 Å². The van der Waals surface area contributed by atoms with Gasteiger partial charge in [0.25, 0.3) is 0 Å². The number of aryl methyl sites for hydroxylation is 1. The van der Waals surface area contributed by atoms with Crippen LogP contribution >= 0.6 is 0 Å². The molecule has 0 fully saturated rings. The molecule has 0 aliphatic heterocycles. The number of rotatable bonds is 11. The molecule has 0 atom stereocenters. The van der Waals surface area contributed by atoms with Crippen LogP contribution < -0.4 is 0 Å². The normalized spacial score (nSPS) is 10.8. The van der Waals surface area contributed by atoms with Gasteiger partial charge in [-0.05, 0) is 12.8 Å². The lowest BCUT2D eigenvalue weighted by atomic mass is 10.1. The van der Waals surface area contributed by atoms with Crippen LogP contribution in [0.4, 0.5) is 0 Å². The van der Waals surface area contributed by atoms with E-state index in [1.165, 1.54) is 38.5 Å². The van der Waals surface area contributed by atoms with E-state index in [1.807, 2.05) is 10.8 Å². The maximum atomic E-state index is 12.1. The fourth-order valence-corrected chi connectivity index (χ4v) is 2.34. The fraction of sp³-hybridized carbons (Fsp3) is 0.750. The van der Waals surface area contributed by atoms with E-state index in [0.717, 1.165) is 19.4 Å². The summed E-state index contributed by atoms with van der Waals surface area (Å²) in [5, 5.41) is 0. The molecule has 0 bridgehead atoms. The van der Waals surface area contributed by atoms with Gasteiger partial charge in [-0.15, -0.1) is 0 Å². The quantitative estimate of drug-likeness (QED) is 0.432. The van der Waals surface area contributed by atoms with E-state index in [1.54, 1.807) is 6.20 Å². The van der Waals surface area contributed by atoms with E-state index in [4.69, 9.17) is 0 Å². The summed E-state index contributed by atoms with van der Waals surface area (Å²) in [5.41, 5.74) is 0. The number of nitrogens with zero attached hydrogens (tertiary/aromatic N) is 2. The largest absolute Gasteiger partial charge is 0.329 e. The highest BCUT2D eigenvalue weighted by Gasteiger charge is 2.11. The first-order chi connectivity index (χ1) is 9.29. The highest BCUT2D eigenvalue weighted by molar-refractivity contribution is 5.92. The highest BCUT2D eigenvalue weighted by Crippen LogP contribution is 2.11. The lowest BCUT2D eigenvalue weighted by Gasteiger charge is -2.05. The average molecular weight is 264 g/mol. The standard InChI is InChI=1S/C16H28N2O/c1-3-5-6-7-8-9-10-11-15(19)16-17-12-14-18(16)13-4-2/h12,14H,3-11,13H2,1-2H3. The third kappa shape index (κ3) is 6.04. The number of unbranched alkanes of at least 4 members (excludes halogenated alkanes) is 6. The van der Waals surface area contributed by atoms with Gasteiger partial charge in [-0.1, -0.05) is 52.4 Å². The van der Waals surface area contributed by atoms with Crippen LogP contribution in [0.3, 0.4) is 0 Å². The van der Waals surface area contributed by atoms with E-state index in [2.05, 4.69) is 18.8 Å². The molecule has 1 heterocycles. The van der Waals surface area contributed by atoms with Crippen molar-refractivity contribution in [3.63, 3.8) is 0 Å². The van der Waals surface area contributed by atoms with Gasteiger partial charge in [0.15, 0.2) is 11.6 Å². The maximum Gasteiger partial charge on any atom is 0.198 e. The Bertz CT molecular complexity index is 357. The van der Waals surface area contributed by atoms with E-state index >= 15 is 0 Å². The Morgan fingerprint density at radius 1 is 1.05 bits per heavy atom. The molecule has 0 aliphatic carbocycles. The molecule has 108 valence electrons. The number of carbonyl (C=O) groups is 1. The summed E-state index contributed by atoms with van der Waals surface area (Å²) in [6.07, 6.45) is 14.0. The molecule has 0 radical (unpaired) electrons. The number of hydrogen-bond donors (Lipinski definition) is 0. The number of carbonyl (C=O) groups excluding carboxylic acids is 1. The van der Waals surface area contributed by atoms with E-state index in [0.29, 0.717) is 12.2 Å². The zero-order valence-corrected chi connectivity index (χ0v) is 12.5. The summed E-state index contributed by atoms with van der Waals surface area (Å²) in [5.74, 6) is 0.847. The Morgan fingerprint density at radius 2 is 1.74 bits per heavy atom. The predicted molar refractivity (Wildman–Crippen MR) is 79.5 cm³/mol. The first-order valence-corrected chi connectivity index (χ1v) is 7.84. The van der Waals surface area contributed by atoms with Crippen LogP contribution in [-0.4, -0.2) is 15.3 Å². The van der Waals surface area contributed by atoms with Crippen molar-refractivity contribution in [1.29, 1.82) is 0 Å². The van der Waals surface area contributed by atoms with Crippen molar-refractivity contribution in [2.45, 2.75) is 78.2 Å². The van der Waals surface area contributed by atoms with Gasteiger partial charge in [0.2, 0.25) is 0 Å². The van der Waals surface area contributed by atoms with Crippen molar-refractivity contribution < 1.29 is 4.79 Å². The van der Waals surface area contributed by atoms with Crippen molar-refractivity contribution in [3.05, 3.63) is 18.2 Å². The van der Waals surface area contributed by atoms with E-state index < -0.39 is 0 Å². The SMILES string of the molecule is CCCCCCCCCC(=O)c1nccn1CCC. The van der Waals surface area contributed by atoms with Gasteiger partial charge in [0, 0.05) is 25.4 Å². The average Bonchev–Trinajstić information content (AvgIpc) is 2.86. The maximum absolute atomic E-state index is 12.1. The van der Waals surface area contributed by atoms with Gasteiger partial charge < -0.3 is 4.57 Å². The molecule has 0 aliphatic rings. The van der Waals surface area contributed by atoms with Crippen LogP contribution in [0.5, 0.6) is 0 Å². The molecule has 1 aromatic heterocycles. The molecule has 0 amide bonds. The zero-order chi connectivity index (χ0) is 13.9. The minimum Gasteiger partial charge on any atom is -0.329 e. The molecule has 0 spiro atoms. The molecule has 0 N–H and O–H groups in total. The number of ketones is 1. The Labute approximate surface area is 117 Å². The summed E-state index contributed by atoms with van der Waals surface area (Å²) in [6, 6.07) is 0. The summed E-state index contributed by atoms with van der Waals surface area (Å²) in [7, 11) is 0. The van der Waals surface area contributed by atoms with Crippen LogP contribution in [0, 0.1) is 0 Å². The van der Waals surface area contributed by atoms with Crippen molar-refractivity contribution >= 4 is 5.78 Å². The van der Waals surface area contributed by atoms with Gasteiger partial charge in [-0.3, -0.25) is 4.79 Å². The molecule has 1 aromatic rings. The van der Waals surface area contributed by atoms with Crippen LogP contribution in [-0.2, 0) is 6.54 Å². The number of hydrogen-bond acceptors (Lipinski definition) is 2. The van der Waals surface area contributed by atoms with Gasteiger partial charge in [-0.2, -0.15) is 0 Å². The number of aromatic nitrogens is 2. The second-order valence-electron chi connectivity index (χ2n) is 5.24. The summed E-state index contributed by atoms with van der Waals surface area (Å²) >= 11 is 0. The van der Waals surface area contributed by atoms with Crippen molar-refractivity contribution in [3.8, 4) is 0 Å². The van der Waals surface area contributed by atoms with Crippen LogP contribution in [0.1, 0.15) is 82.3 Å². The third-order valence-corrected chi connectivity index (χ3v) is 3.44. The molecule has 3 nitrogen and oxygen atoms in total. The van der Waals surface area contributed by atoms with Gasteiger partial charge in [-0.25, -0.2) is 4.98 Å². The topological polar surface area (TPSA) is 34.9 Å². The molecule has 0 saturated heterocycles. The molecule has 3 heteroatoms. The summed E-state index contributed by atoms with van der Waals surface area (Å²) in [6.45, 7) is 5.24. The molecule has 19 heavy (non-hydrogen) atoms.